The van der Waals surface area contributed by atoms with Gasteiger partial charge >= 0.3 is 0 Å². The Morgan fingerprint density at radius 3 is 0.877 bits per heavy atom. The van der Waals surface area contributed by atoms with E-state index in [1.807, 2.05) is 55.4 Å². The number of hydrogen-bond acceptors (Lipinski definition) is 0. The number of rotatable bonds is 0. The highest BCUT2D eigenvalue weighted by Gasteiger charge is 2.62. The molecule has 0 heteroatoms. The van der Waals surface area contributed by atoms with Crippen LogP contribution in [0.4, 0.5) is 0 Å². The van der Waals surface area contributed by atoms with Crippen molar-refractivity contribution in [2.75, 3.05) is 0 Å². The molecule has 0 aromatic heterocycles. The SMILES string of the molecule is C.CC.CC.CC.CC.CC1CC2CC1C1C3CCC(C3)C21.CC1CC2CC1C1C3CCC(C3)C21.CC1CC2CC1C1CCCC21.CC1CC2CC1C1CCCC21. The second-order valence-corrected chi connectivity index (χ2v) is 23.0. The molecule has 0 N–H and O–H groups in total. The molecule has 24 unspecified atom stereocenters. The summed E-state index contributed by atoms with van der Waals surface area (Å²) >= 11 is 0. The molecule has 0 aromatic carbocycles. The second kappa shape index (κ2) is 20.0. The summed E-state index contributed by atoms with van der Waals surface area (Å²) in [6, 6.07) is 0. The van der Waals surface area contributed by atoms with Gasteiger partial charge in [-0.25, -0.2) is 0 Å². The zero-order valence-electron chi connectivity index (χ0n) is 40.0. The molecule has 0 heterocycles. The van der Waals surface area contributed by atoms with Crippen molar-refractivity contribution in [3.63, 3.8) is 0 Å². The van der Waals surface area contributed by atoms with Gasteiger partial charge in [-0.2, -0.15) is 0 Å². The van der Waals surface area contributed by atoms with Crippen LogP contribution in [0.25, 0.3) is 0 Å². The Hall–Kier alpha value is 0. The summed E-state index contributed by atoms with van der Waals surface area (Å²) in [5, 5.41) is 0. The number of fused-ring (bicyclic) bond motifs is 28. The molecule has 0 spiro atoms. The molecule has 24 atom stereocenters. The van der Waals surface area contributed by atoms with Crippen molar-refractivity contribution in [3.05, 3.63) is 0 Å². The van der Waals surface area contributed by atoms with Crippen molar-refractivity contribution in [3.8, 4) is 0 Å². The van der Waals surface area contributed by atoms with Gasteiger partial charge in [0.05, 0.1) is 0 Å². The van der Waals surface area contributed by atoms with Crippen molar-refractivity contribution in [1.82, 2.24) is 0 Å². The summed E-state index contributed by atoms with van der Waals surface area (Å²) in [6.45, 7) is 26.0. The Balaban J connectivity index is 0.000000121. The first-order valence-electron chi connectivity index (χ1n) is 27.4. The molecule has 14 fully saturated rings. The van der Waals surface area contributed by atoms with Gasteiger partial charge in [-0.1, -0.05) is 103 Å². The standard InChI is InChI=1S/2C13H20.2C11H18.4C2H6.CH4/c2*1-7-4-10-6-11(7)13-9-3-2-8(5-9)12(10)13;2*1-7-5-8-6-11(7)10-4-2-3-9(8)10;4*1-2;/h2*7-13H,2-6H2,1H3;2*7-11H,2-6H2,1H3;4*1-2H3;1H4. The van der Waals surface area contributed by atoms with E-state index in [0.717, 1.165) is 35.5 Å². The highest BCUT2D eigenvalue weighted by molar-refractivity contribution is 5.11. The van der Waals surface area contributed by atoms with Crippen molar-refractivity contribution in [1.29, 1.82) is 0 Å². The van der Waals surface area contributed by atoms with Crippen LogP contribution in [-0.2, 0) is 0 Å². The van der Waals surface area contributed by atoms with Gasteiger partial charge in [-0.15, -0.1) is 0 Å². The number of hydrogen-bond donors (Lipinski definition) is 0. The van der Waals surface area contributed by atoms with Gasteiger partial charge in [0.25, 0.3) is 0 Å². The van der Waals surface area contributed by atoms with E-state index in [1.54, 1.807) is 128 Å². The van der Waals surface area contributed by atoms with Gasteiger partial charge in [-0.05, 0) is 258 Å². The molecule has 14 aliphatic carbocycles. The first kappa shape index (κ1) is 46.5. The summed E-state index contributed by atoms with van der Waals surface area (Å²) in [5.41, 5.74) is 0. The Bertz CT molecular complexity index is 1110. The van der Waals surface area contributed by atoms with Gasteiger partial charge < -0.3 is 0 Å². The Morgan fingerprint density at radius 2 is 0.509 bits per heavy atom. The van der Waals surface area contributed by atoms with Gasteiger partial charge in [0, 0.05) is 0 Å². The highest BCUT2D eigenvalue weighted by atomic mass is 14.7. The minimum absolute atomic E-state index is 0. The van der Waals surface area contributed by atoms with Crippen molar-refractivity contribution in [2.24, 2.45) is 142 Å². The lowest BCUT2D eigenvalue weighted by Gasteiger charge is -2.37. The predicted molar refractivity (Wildman–Crippen MR) is 251 cm³/mol. The molecule has 0 aliphatic heterocycles. The Kier molecular flexibility index (Phi) is 16.3. The van der Waals surface area contributed by atoms with Gasteiger partial charge in [0.2, 0.25) is 0 Å². The van der Waals surface area contributed by atoms with Crippen LogP contribution < -0.4 is 0 Å². The maximum atomic E-state index is 2.52. The third-order valence-corrected chi connectivity index (χ3v) is 21.7. The van der Waals surface area contributed by atoms with E-state index >= 15 is 0 Å². The van der Waals surface area contributed by atoms with Crippen LogP contribution in [0, 0.1) is 142 Å². The Labute approximate surface area is 359 Å². The van der Waals surface area contributed by atoms with E-state index < -0.39 is 0 Å². The van der Waals surface area contributed by atoms with E-state index in [-0.39, 0.29) is 7.43 Å². The lowest BCUT2D eigenvalue weighted by molar-refractivity contribution is 0.112. The van der Waals surface area contributed by atoms with Gasteiger partial charge in [-0.3, -0.25) is 0 Å². The Morgan fingerprint density at radius 1 is 0.228 bits per heavy atom. The van der Waals surface area contributed by atoms with Crippen LogP contribution in [0.3, 0.4) is 0 Å². The molecular formula is C57H104. The molecule has 0 amide bonds. The van der Waals surface area contributed by atoms with E-state index in [0.29, 0.717) is 0 Å². The maximum Gasteiger partial charge on any atom is -0.0321 e. The minimum Gasteiger partial charge on any atom is -0.0776 e. The quantitative estimate of drug-likeness (QED) is 0.215. The smallest absolute Gasteiger partial charge is 0.0321 e. The molecular weight excluding hydrogens is 685 g/mol. The summed E-state index contributed by atoms with van der Waals surface area (Å²) in [4.78, 5) is 0. The molecule has 57 heavy (non-hydrogen) atoms. The first-order valence-corrected chi connectivity index (χ1v) is 27.4. The second-order valence-electron chi connectivity index (χ2n) is 23.0. The lowest BCUT2D eigenvalue weighted by atomic mass is 9.68. The molecule has 14 rings (SSSR count). The van der Waals surface area contributed by atoms with Gasteiger partial charge in [0.1, 0.15) is 0 Å². The van der Waals surface area contributed by atoms with Crippen LogP contribution in [0.2, 0.25) is 0 Å². The molecule has 0 aromatic rings. The monoisotopic (exact) mass is 789 g/mol. The average Bonchev–Trinajstić information content (AvgIpc) is 4.03. The minimum atomic E-state index is 0. The molecule has 14 aliphatic rings. The normalized spacial score (nSPS) is 54.5. The van der Waals surface area contributed by atoms with Gasteiger partial charge in [0.15, 0.2) is 0 Å². The highest BCUT2D eigenvalue weighted by Crippen LogP contribution is 2.70. The lowest BCUT2D eigenvalue weighted by Crippen LogP contribution is -2.31. The largest absolute Gasteiger partial charge is 0.0776 e. The zero-order chi connectivity index (χ0) is 40.0. The fourth-order valence-corrected chi connectivity index (χ4v) is 20.6. The van der Waals surface area contributed by atoms with E-state index in [2.05, 4.69) is 27.7 Å². The summed E-state index contributed by atoms with van der Waals surface area (Å²) < 4.78 is 0. The maximum absolute atomic E-state index is 2.52. The third-order valence-electron chi connectivity index (χ3n) is 21.7. The van der Waals surface area contributed by atoms with E-state index in [9.17, 15) is 0 Å². The fraction of sp³-hybridized carbons (Fsp3) is 1.00. The van der Waals surface area contributed by atoms with Crippen LogP contribution in [-0.4, -0.2) is 0 Å². The van der Waals surface area contributed by atoms with Crippen LogP contribution in [0.5, 0.6) is 0 Å². The van der Waals surface area contributed by atoms with E-state index in [1.165, 1.54) is 107 Å². The van der Waals surface area contributed by atoms with Crippen LogP contribution in [0.1, 0.15) is 219 Å². The molecule has 0 radical (unpaired) electrons. The van der Waals surface area contributed by atoms with Crippen LogP contribution in [0.15, 0.2) is 0 Å². The van der Waals surface area contributed by atoms with Crippen LogP contribution >= 0.6 is 0 Å². The predicted octanol–water partition coefficient (Wildman–Crippen LogP) is 17.5. The van der Waals surface area contributed by atoms with E-state index in [4.69, 9.17) is 0 Å². The first-order chi connectivity index (χ1) is 27.4. The van der Waals surface area contributed by atoms with Crippen molar-refractivity contribution < 1.29 is 0 Å². The molecule has 0 saturated heterocycles. The fourth-order valence-electron chi connectivity index (χ4n) is 20.6. The zero-order valence-corrected chi connectivity index (χ0v) is 40.0. The topological polar surface area (TPSA) is 0 Å². The third kappa shape index (κ3) is 8.10. The molecule has 14 saturated carbocycles. The molecule has 0 nitrogen and oxygen atoms in total. The molecule has 332 valence electrons. The molecule has 12 bridgehead atoms. The average molecular weight is 789 g/mol. The summed E-state index contributed by atoms with van der Waals surface area (Å²) in [6.07, 6.45) is 31.9. The summed E-state index contributed by atoms with van der Waals surface area (Å²) in [5.74, 6) is 28.1. The van der Waals surface area contributed by atoms with Crippen molar-refractivity contribution >= 4 is 0 Å². The van der Waals surface area contributed by atoms with Crippen molar-refractivity contribution in [2.45, 2.75) is 219 Å². The summed E-state index contributed by atoms with van der Waals surface area (Å²) in [7, 11) is 0.